The van der Waals surface area contributed by atoms with Gasteiger partial charge in [0.25, 0.3) is 0 Å². The summed E-state index contributed by atoms with van der Waals surface area (Å²) in [5.74, 6) is 1.95. The van der Waals surface area contributed by atoms with Crippen LogP contribution in [0.2, 0.25) is 0 Å². The maximum atomic E-state index is 12.7. The highest BCUT2D eigenvalue weighted by Crippen LogP contribution is 2.40. The molecule has 0 saturated heterocycles. The monoisotopic (exact) mass is 398 g/mol. The Kier molecular flexibility index (Phi) is 5.99. The van der Waals surface area contributed by atoms with E-state index < -0.39 is 0 Å². The Balaban J connectivity index is 1.48. The second-order valence-electron chi connectivity index (χ2n) is 7.74. The summed E-state index contributed by atoms with van der Waals surface area (Å²) in [5.41, 5.74) is 4.46. The van der Waals surface area contributed by atoms with Crippen LogP contribution in [0.15, 0.2) is 84.9 Å². The lowest BCUT2D eigenvalue weighted by atomic mass is 9.74. The average Bonchev–Trinajstić information content (AvgIpc) is 2.80. The molecule has 0 heterocycles. The Hall–Kier alpha value is -3.33. The summed E-state index contributed by atoms with van der Waals surface area (Å²) in [7, 11) is 1.66. The minimum Gasteiger partial charge on any atom is -0.497 e. The van der Waals surface area contributed by atoms with Gasteiger partial charge in [0, 0.05) is 5.92 Å². The van der Waals surface area contributed by atoms with Crippen molar-refractivity contribution >= 4 is 11.4 Å². The lowest BCUT2D eigenvalue weighted by Crippen LogP contribution is -2.23. The first-order valence-corrected chi connectivity index (χ1v) is 10.3. The number of hydrogen-bond acceptors (Lipinski definition) is 3. The van der Waals surface area contributed by atoms with E-state index in [0.29, 0.717) is 6.61 Å². The van der Waals surface area contributed by atoms with Crippen LogP contribution < -0.4 is 9.47 Å². The third-order valence-electron chi connectivity index (χ3n) is 5.83. The van der Waals surface area contributed by atoms with Crippen molar-refractivity contribution in [2.45, 2.75) is 25.9 Å². The first-order valence-electron chi connectivity index (χ1n) is 10.3. The van der Waals surface area contributed by atoms with Crippen LogP contribution in [-0.4, -0.2) is 12.9 Å². The molecule has 0 unspecified atom stereocenters. The van der Waals surface area contributed by atoms with Gasteiger partial charge >= 0.3 is 0 Å². The summed E-state index contributed by atoms with van der Waals surface area (Å²) in [4.78, 5) is 12.7. The molecular formula is C27H26O3. The molecule has 0 radical (unpaired) electrons. The van der Waals surface area contributed by atoms with Crippen LogP contribution in [-0.2, 0) is 11.4 Å². The van der Waals surface area contributed by atoms with E-state index in [9.17, 15) is 4.79 Å². The molecule has 152 valence electrons. The fourth-order valence-corrected chi connectivity index (χ4v) is 3.94. The maximum Gasteiger partial charge on any atom is 0.159 e. The largest absolute Gasteiger partial charge is 0.497 e. The van der Waals surface area contributed by atoms with Crippen molar-refractivity contribution in [3.63, 3.8) is 0 Å². The van der Waals surface area contributed by atoms with Gasteiger partial charge in [-0.25, -0.2) is 0 Å². The van der Waals surface area contributed by atoms with Crippen LogP contribution in [0.25, 0.3) is 5.57 Å². The molecule has 0 bridgehead atoms. The zero-order chi connectivity index (χ0) is 20.9. The zero-order valence-electron chi connectivity index (χ0n) is 17.4. The highest BCUT2D eigenvalue weighted by Gasteiger charge is 2.30. The van der Waals surface area contributed by atoms with Crippen LogP contribution in [0.1, 0.15) is 36.0 Å². The van der Waals surface area contributed by atoms with Gasteiger partial charge in [0.15, 0.2) is 5.78 Å². The lowest BCUT2D eigenvalue weighted by Gasteiger charge is -2.28. The predicted molar refractivity (Wildman–Crippen MR) is 120 cm³/mol. The zero-order valence-corrected chi connectivity index (χ0v) is 17.4. The molecule has 0 aliphatic heterocycles. The van der Waals surface area contributed by atoms with E-state index in [1.54, 1.807) is 13.2 Å². The van der Waals surface area contributed by atoms with E-state index >= 15 is 0 Å². The van der Waals surface area contributed by atoms with E-state index in [0.717, 1.165) is 34.6 Å². The van der Waals surface area contributed by atoms with E-state index in [-0.39, 0.29) is 17.6 Å². The summed E-state index contributed by atoms with van der Waals surface area (Å²) < 4.78 is 11.2. The number of hydrogen-bond donors (Lipinski definition) is 0. The van der Waals surface area contributed by atoms with E-state index in [4.69, 9.17) is 9.47 Å². The lowest BCUT2D eigenvalue weighted by molar-refractivity contribution is -0.118. The molecular weight excluding hydrogens is 372 g/mol. The van der Waals surface area contributed by atoms with E-state index in [2.05, 4.69) is 24.3 Å². The fourth-order valence-electron chi connectivity index (χ4n) is 3.94. The maximum absolute atomic E-state index is 12.7. The van der Waals surface area contributed by atoms with Crippen molar-refractivity contribution in [2.24, 2.45) is 5.92 Å². The Bertz CT molecular complexity index is 1020. The van der Waals surface area contributed by atoms with Gasteiger partial charge < -0.3 is 9.47 Å². The summed E-state index contributed by atoms with van der Waals surface area (Å²) in [5, 5.41) is 0. The van der Waals surface area contributed by atoms with Crippen molar-refractivity contribution in [3.05, 3.63) is 102 Å². The third kappa shape index (κ3) is 4.46. The van der Waals surface area contributed by atoms with Gasteiger partial charge in [-0.1, -0.05) is 61.5 Å². The van der Waals surface area contributed by atoms with Crippen LogP contribution in [0.4, 0.5) is 0 Å². The SMILES string of the molecule is COc1ccc(C2=CC(=O)[C@H](C)[C@@H](c3ccc(OCc4ccccc4)cc3)C2)cc1. The molecule has 3 aromatic carbocycles. The average molecular weight is 399 g/mol. The summed E-state index contributed by atoms with van der Waals surface area (Å²) >= 11 is 0. The molecule has 1 aliphatic rings. The molecule has 0 saturated carbocycles. The van der Waals surface area contributed by atoms with Gasteiger partial charge in [-0.05, 0) is 64.9 Å². The Morgan fingerprint density at radius 3 is 2.20 bits per heavy atom. The molecule has 0 amide bonds. The van der Waals surface area contributed by atoms with E-state index in [1.807, 2.05) is 61.5 Å². The van der Waals surface area contributed by atoms with Crippen molar-refractivity contribution in [3.8, 4) is 11.5 Å². The van der Waals surface area contributed by atoms with Crippen molar-refractivity contribution < 1.29 is 14.3 Å². The molecule has 0 N–H and O–H groups in total. The van der Waals surface area contributed by atoms with Gasteiger partial charge in [0.05, 0.1) is 7.11 Å². The molecule has 30 heavy (non-hydrogen) atoms. The first kappa shape index (κ1) is 20.0. The van der Waals surface area contributed by atoms with Crippen LogP contribution in [0, 0.1) is 5.92 Å². The Morgan fingerprint density at radius 1 is 0.867 bits per heavy atom. The highest BCUT2D eigenvalue weighted by atomic mass is 16.5. The molecule has 3 aromatic rings. The molecule has 3 heteroatoms. The molecule has 1 aliphatic carbocycles. The number of benzene rings is 3. The van der Waals surface area contributed by atoms with Gasteiger partial charge in [-0.15, -0.1) is 0 Å². The molecule has 0 fully saturated rings. The third-order valence-corrected chi connectivity index (χ3v) is 5.83. The standard InChI is InChI=1S/C27H26O3/c1-19-26(16-23(17-27(19)28)21-8-12-24(29-2)13-9-21)22-10-14-25(15-11-22)30-18-20-6-4-3-5-7-20/h3-15,17,19,26H,16,18H2,1-2H3/t19-,26+/m1/s1. The van der Waals surface area contributed by atoms with Gasteiger partial charge in [-0.3, -0.25) is 4.79 Å². The van der Waals surface area contributed by atoms with Gasteiger partial charge in [-0.2, -0.15) is 0 Å². The molecule has 4 rings (SSSR count). The van der Waals surface area contributed by atoms with Crippen LogP contribution in [0.5, 0.6) is 11.5 Å². The van der Waals surface area contributed by atoms with E-state index in [1.165, 1.54) is 5.56 Å². The minimum absolute atomic E-state index is 0.0388. The van der Waals surface area contributed by atoms with Crippen molar-refractivity contribution in [1.82, 2.24) is 0 Å². The molecule has 3 nitrogen and oxygen atoms in total. The highest BCUT2D eigenvalue weighted by molar-refractivity contribution is 6.00. The van der Waals surface area contributed by atoms with Gasteiger partial charge in [0.2, 0.25) is 0 Å². The van der Waals surface area contributed by atoms with Crippen molar-refractivity contribution in [2.75, 3.05) is 7.11 Å². The summed E-state index contributed by atoms with van der Waals surface area (Å²) in [6.07, 6.45) is 2.64. The number of rotatable bonds is 6. The second kappa shape index (κ2) is 9.00. The molecule has 0 aromatic heterocycles. The number of allylic oxidation sites excluding steroid dienone is 2. The minimum atomic E-state index is -0.0388. The quantitative estimate of drug-likeness (QED) is 0.507. The number of ether oxygens (including phenoxy) is 2. The molecule has 0 spiro atoms. The molecule has 2 atom stereocenters. The normalized spacial score (nSPS) is 18.6. The van der Waals surface area contributed by atoms with Crippen LogP contribution in [0.3, 0.4) is 0 Å². The van der Waals surface area contributed by atoms with Crippen LogP contribution >= 0.6 is 0 Å². The smallest absolute Gasteiger partial charge is 0.159 e. The number of carbonyl (C=O) groups excluding carboxylic acids is 1. The summed E-state index contributed by atoms with van der Waals surface area (Å²) in [6, 6.07) is 26.2. The Morgan fingerprint density at radius 2 is 1.53 bits per heavy atom. The number of ketones is 1. The Labute approximate surface area is 178 Å². The number of carbonyl (C=O) groups is 1. The topological polar surface area (TPSA) is 35.5 Å². The van der Waals surface area contributed by atoms with Gasteiger partial charge in [0.1, 0.15) is 18.1 Å². The summed E-state index contributed by atoms with van der Waals surface area (Å²) in [6.45, 7) is 2.57. The predicted octanol–water partition coefficient (Wildman–Crippen LogP) is 6.05. The fraction of sp³-hybridized carbons (Fsp3) is 0.222. The number of methoxy groups -OCH3 is 1. The van der Waals surface area contributed by atoms with Crippen molar-refractivity contribution in [1.29, 1.82) is 0 Å². The first-order chi connectivity index (χ1) is 14.6. The second-order valence-corrected chi connectivity index (χ2v) is 7.74.